The number of aromatic hydroxyl groups is 1. The van der Waals surface area contributed by atoms with Crippen LogP contribution in [-0.4, -0.2) is 35.4 Å². The molecule has 0 aliphatic carbocycles. The van der Waals surface area contributed by atoms with E-state index in [1.54, 1.807) is 32.9 Å². The van der Waals surface area contributed by atoms with Crippen LogP contribution in [0.1, 0.15) is 30.5 Å². The molecule has 0 unspecified atom stereocenters. The Morgan fingerprint density at radius 3 is 2.34 bits per heavy atom. The van der Waals surface area contributed by atoms with Gasteiger partial charge in [-0.1, -0.05) is 56.3 Å². The largest absolute Gasteiger partial charge is 0.508 e. The number of phenols is 1. The molecule has 0 saturated heterocycles. The van der Waals surface area contributed by atoms with Crippen LogP contribution in [0, 0.1) is 12.8 Å². The van der Waals surface area contributed by atoms with Crippen LogP contribution in [0.2, 0.25) is 0 Å². The fourth-order valence-electron chi connectivity index (χ4n) is 2.56. The average molecular weight is 398 g/mol. The Hall–Kier alpha value is -3.12. The quantitative estimate of drug-likeness (QED) is 0.523. The number of aliphatic hydroxyl groups is 1. The number of hydrogen-bond acceptors (Lipinski definition) is 6. The van der Waals surface area contributed by atoms with Crippen molar-refractivity contribution in [1.82, 2.24) is 0 Å². The molecule has 0 radical (unpaired) electrons. The number of carbonyl (C=O) groups excluding carboxylic acids is 2. The summed E-state index contributed by atoms with van der Waals surface area (Å²) < 4.78 is 10.3. The monoisotopic (exact) mass is 398 g/mol. The first kappa shape index (κ1) is 22.2. The molecular formula is C23H26O6. The lowest BCUT2D eigenvalue weighted by atomic mass is 9.93. The molecule has 154 valence electrons. The number of esters is 2. The standard InChI is InChI=1S/C23H26O6/c1-16(2)22(26)29-15-23(27,19-11-9-17(3)13-20(19)24)14-28-21(25)12-10-18-7-5-4-6-8-18/h4-13,16,24,27H,14-15H2,1-3H3/t23-/m1/s1. The van der Waals surface area contributed by atoms with E-state index in [-0.39, 0.29) is 17.2 Å². The van der Waals surface area contributed by atoms with E-state index in [9.17, 15) is 19.8 Å². The minimum atomic E-state index is -1.89. The second-order valence-electron chi connectivity index (χ2n) is 7.17. The van der Waals surface area contributed by atoms with Crippen LogP contribution in [0.25, 0.3) is 6.08 Å². The van der Waals surface area contributed by atoms with E-state index in [1.165, 1.54) is 18.2 Å². The summed E-state index contributed by atoms with van der Waals surface area (Å²) in [6, 6.07) is 13.9. The molecule has 0 bridgehead atoms. The van der Waals surface area contributed by atoms with Crippen molar-refractivity contribution in [1.29, 1.82) is 0 Å². The summed E-state index contributed by atoms with van der Waals surface area (Å²) in [5, 5.41) is 21.3. The first-order valence-corrected chi connectivity index (χ1v) is 9.30. The number of rotatable bonds is 8. The average Bonchev–Trinajstić information content (AvgIpc) is 2.69. The maximum Gasteiger partial charge on any atom is 0.330 e. The molecule has 2 N–H and O–H groups in total. The number of phenolic OH excluding ortho intramolecular Hbond substituents is 1. The molecule has 0 amide bonds. The summed E-state index contributed by atoms with van der Waals surface area (Å²) in [6.45, 7) is 4.16. The van der Waals surface area contributed by atoms with Crippen LogP contribution in [0.3, 0.4) is 0 Å². The van der Waals surface area contributed by atoms with Crippen LogP contribution < -0.4 is 0 Å². The van der Waals surface area contributed by atoms with Gasteiger partial charge in [0, 0.05) is 11.6 Å². The lowest BCUT2D eigenvalue weighted by Gasteiger charge is -2.28. The lowest BCUT2D eigenvalue weighted by molar-refractivity contribution is -0.164. The highest BCUT2D eigenvalue weighted by atomic mass is 16.6. The maximum atomic E-state index is 12.1. The zero-order valence-corrected chi connectivity index (χ0v) is 16.8. The van der Waals surface area contributed by atoms with Crippen LogP contribution in [0.4, 0.5) is 0 Å². The van der Waals surface area contributed by atoms with Crippen molar-refractivity contribution in [2.75, 3.05) is 13.2 Å². The van der Waals surface area contributed by atoms with Crippen LogP contribution >= 0.6 is 0 Å². The van der Waals surface area contributed by atoms with Crippen molar-refractivity contribution in [3.05, 3.63) is 71.3 Å². The molecule has 0 heterocycles. The zero-order valence-electron chi connectivity index (χ0n) is 16.8. The van der Waals surface area contributed by atoms with Gasteiger partial charge < -0.3 is 19.7 Å². The highest BCUT2D eigenvalue weighted by Crippen LogP contribution is 2.31. The summed E-state index contributed by atoms with van der Waals surface area (Å²) in [7, 11) is 0. The topological polar surface area (TPSA) is 93.1 Å². The van der Waals surface area contributed by atoms with Crippen molar-refractivity contribution in [3.63, 3.8) is 0 Å². The predicted octanol–water partition coefficient (Wildman–Crippen LogP) is 3.34. The second kappa shape index (κ2) is 9.89. The van der Waals surface area contributed by atoms with Crippen LogP contribution in [0.5, 0.6) is 5.75 Å². The molecule has 2 rings (SSSR count). The van der Waals surface area contributed by atoms with Gasteiger partial charge in [-0.2, -0.15) is 0 Å². The third-order valence-electron chi connectivity index (χ3n) is 4.24. The molecule has 0 aromatic heterocycles. The van der Waals surface area contributed by atoms with Gasteiger partial charge in [-0.25, -0.2) is 4.79 Å². The van der Waals surface area contributed by atoms with E-state index in [2.05, 4.69) is 0 Å². The van der Waals surface area contributed by atoms with E-state index >= 15 is 0 Å². The molecule has 0 saturated carbocycles. The van der Waals surface area contributed by atoms with Gasteiger partial charge in [0.25, 0.3) is 0 Å². The molecule has 0 aliphatic heterocycles. The van der Waals surface area contributed by atoms with Crippen molar-refractivity contribution in [2.45, 2.75) is 26.4 Å². The number of benzene rings is 2. The normalized spacial score (nSPS) is 13.3. The number of hydrogen-bond donors (Lipinski definition) is 2. The smallest absolute Gasteiger partial charge is 0.330 e. The Kier molecular flexibility index (Phi) is 7.56. The molecule has 0 aliphatic rings. The van der Waals surface area contributed by atoms with E-state index in [1.807, 2.05) is 30.3 Å². The van der Waals surface area contributed by atoms with Gasteiger partial charge in [0.15, 0.2) is 5.60 Å². The molecule has 29 heavy (non-hydrogen) atoms. The van der Waals surface area contributed by atoms with Crippen molar-refractivity contribution in [3.8, 4) is 5.75 Å². The summed E-state index contributed by atoms with van der Waals surface area (Å²) in [4.78, 5) is 23.9. The Labute approximate surface area is 170 Å². The van der Waals surface area contributed by atoms with Crippen LogP contribution in [-0.2, 0) is 24.7 Å². The molecule has 6 nitrogen and oxygen atoms in total. The van der Waals surface area contributed by atoms with Crippen molar-refractivity contribution >= 4 is 18.0 Å². The van der Waals surface area contributed by atoms with Crippen molar-refractivity contribution in [2.24, 2.45) is 5.92 Å². The maximum absolute atomic E-state index is 12.1. The van der Waals surface area contributed by atoms with E-state index in [4.69, 9.17) is 9.47 Å². The number of aryl methyl sites for hydroxylation is 1. The third-order valence-corrected chi connectivity index (χ3v) is 4.24. The highest BCUT2D eigenvalue weighted by Gasteiger charge is 2.36. The number of ether oxygens (including phenoxy) is 2. The Morgan fingerprint density at radius 2 is 1.72 bits per heavy atom. The zero-order chi connectivity index (χ0) is 21.4. The lowest BCUT2D eigenvalue weighted by Crippen LogP contribution is -2.39. The van der Waals surface area contributed by atoms with Gasteiger partial charge in [0.05, 0.1) is 5.92 Å². The summed E-state index contributed by atoms with van der Waals surface area (Å²) in [5.74, 6) is -1.74. The first-order chi connectivity index (χ1) is 13.7. The molecule has 6 heteroatoms. The summed E-state index contributed by atoms with van der Waals surface area (Å²) >= 11 is 0. The van der Waals surface area contributed by atoms with E-state index in [0.29, 0.717) is 0 Å². The third kappa shape index (κ3) is 6.47. The molecule has 0 fully saturated rings. The summed E-state index contributed by atoms with van der Waals surface area (Å²) in [6.07, 6.45) is 2.83. The predicted molar refractivity (Wildman–Crippen MR) is 109 cm³/mol. The van der Waals surface area contributed by atoms with Crippen molar-refractivity contribution < 1.29 is 29.3 Å². The minimum Gasteiger partial charge on any atom is -0.508 e. The van der Waals surface area contributed by atoms with Gasteiger partial charge in [-0.05, 0) is 30.2 Å². The minimum absolute atomic E-state index is 0.111. The fraction of sp³-hybridized carbons (Fsp3) is 0.304. The Bertz CT molecular complexity index is 872. The first-order valence-electron chi connectivity index (χ1n) is 9.30. The molecule has 0 spiro atoms. The number of carbonyl (C=O) groups is 2. The molecule has 2 aromatic rings. The van der Waals surface area contributed by atoms with Gasteiger partial charge in [0.1, 0.15) is 19.0 Å². The van der Waals surface area contributed by atoms with Gasteiger partial charge in [-0.15, -0.1) is 0 Å². The van der Waals surface area contributed by atoms with Gasteiger partial charge >= 0.3 is 11.9 Å². The highest BCUT2D eigenvalue weighted by molar-refractivity contribution is 5.87. The van der Waals surface area contributed by atoms with E-state index in [0.717, 1.165) is 11.1 Å². The Balaban J connectivity index is 2.15. The SMILES string of the molecule is Cc1ccc([C@@](O)(COC(=O)C=Cc2ccccc2)COC(=O)C(C)C)c(O)c1. The van der Waals surface area contributed by atoms with E-state index < -0.39 is 30.8 Å². The van der Waals surface area contributed by atoms with Gasteiger partial charge in [0.2, 0.25) is 0 Å². The van der Waals surface area contributed by atoms with Gasteiger partial charge in [-0.3, -0.25) is 4.79 Å². The molecular weight excluding hydrogens is 372 g/mol. The molecule has 2 aromatic carbocycles. The Morgan fingerprint density at radius 1 is 1.07 bits per heavy atom. The fourth-order valence-corrected chi connectivity index (χ4v) is 2.56. The molecule has 1 atom stereocenters. The second-order valence-corrected chi connectivity index (χ2v) is 7.17. The van der Waals surface area contributed by atoms with Crippen LogP contribution in [0.15, 0.2) is 54.6 Å². The summed E-state index contributed by atoms with van der Waals surface area (Å²) in [5.41, 5.74) is -0.171.